The molecule has 0 aromatic heterocycles. The molecule has 0 aliphatic heterocycles. The van der Waals surface area contributed by atoms with Crippen LogP contribution in [0.2, 0.25) is 0 Å². The SMILES string of the molecule is Cc1ccc2ccccc2c1C(=O)c1c(O)ccc2ccccc12. The van der Waals surface area contributed by atoms with Gasteiger partial charge in [-0.3, -0.25) is 4.79 Å². The van der Waals surface area contributed by atoms with Crippen LogP contribution in [0.25, 0.3) is 21.5 Å². The molecule has 0 spiro atoms. The largest absolute Gasteiger partial charge is 0.507 e. The molecule has 2 heteroatoms. The van der Waals surface area contributed by atoms with Crippen LogP contribution in [0.4, 0.5) is 0 Å². The molecule has 0 heterocycles. The van der Waals surface area contributed by atoms with Crippen LogP contribution in [-0.4, -0.2) is 10.9 Å². The Morgan fingerprint density at radius 3 is 1.92 bits per heavy atom. The second-order valence-electron chi connectivity index (χ2n) is 5.99. The van der Waals surface area contributed by atoms with Gasteiger partial charge in [0.1, 0.15) is 5.75 Å². The zero-order valence-electron chi connectivity index (χ0n) is 13.3. The van der Waals surface area contributed by atoms with E-state index in [2.05, 4.69) is 0 Å². The second-order valence-corrected chi connectivity index (χ2v) is 5.99. The predicted octanol–water partition coefficient (Wildman–Crippen LogP) is 5.24. The van der Waals surface area contributed by atoms with Crippen molar-refractivity contribution in [2.24, 2.45) is 0 Å². The van der Waals surface area contributed by atoms with Gasteiger partial charge in [0.2, 0.25) is 0 Å². The molecule has 4 aromatic rings. The third-order valence-corrected chi connectivity index (χ3v) is 4.50. The first-order chi connectivity index (χ1) is 11.7. The van der Waals surface area contributed by atoms with Gasteiger partial charge in [-0.25, -0.2) is 0 Å². The minimum absolute atomic E-state index is 0.0195. The highest BCUT2D eigenvalue weighted by atomic mass is 16.3. The molecular weight excluding hydrogens is 296 g/mol. The first-order valence-electron chi connectivity index (χ1n) is 7.90. The molecule has 0 fully saturated rings. The monoisotopic (exact) mass is 312 g/mol. The number of phenolic OH excluding ortho intramolecular Hbond substituents is 1. The second kappa shape index (κ2) is 5.50. The fourth-order valence-electron chi connectivity index (χ4n) is 3.31. The molecule has 0 atom stereocenters. The van der Waals surface area contributed by atoms with Gasteiger partial charge in [-0.05, 0) is 40.1 Å². The first-order valence-corrected chi connectivity index (χ1v) is 7.90. The molecule has 0 saturated carbocycles. The van der Waals surface area contributed by atoms with Gasteiger partial charge in [0.25, 0.3) is 0 Å². The maximum Gasteiger partial charge on any atom is 0.198 e. The van der Waals surface area contributed by atoms with Crippen LogP contribution in [0.15, 0.2) is 72.8 Å². The molecule has 0 unspecified atom stereocenters. The summed E-state index contributed by atoms with van der Waals surface area (Å²) in [5.74, 6) is -0.121. The lowest BCUT2D eigenvalue weighted by Crippen LogP contribution is -2.06. The molecule has 4 aromatic carbocycles. The van der Waals surface area contributed by atoms with Crippen LogP contribution < -0.4 is 0 Å². The third kappa shape index (κ3) is 2.16. The highest BCUT2D eigenvalue weighted by Crippen LogP contribution is 2.32. The summed E-state index contributed by atoms with van der Waals surface area (Å²) in [7, 11) is 0. The van der Waals surface area contributed by atoms with Crippen molar-refractivity contribution in [1.82, 2.24) is 0 Å². The predicted molar refractivity (Wildman–Crippen MR) is 97.7 cm³/mol. The van der Waals surface area contributed by atoms with Crippen LogP contribution >= 0.6 is 0 Å². The van der Waals surface area contributed by atoms with Gasteiger partial charge < -0.3 is 5.11 Å². The lowest BCUT2D eigenvalue weighted by atomic mass is 9.90. The minimum Gasteiger partial charge on any atom is -0.507 e. The van der Waals surface area contributed by atoms with E-state index in [0.29, 0.717) is 11.1 Å². The summed E-state index contributed by atoms with van der Waals surface area (Å²) < 4.78 is 0. The zero-order valence-corrected chi connectivity index (χ0v) is 13.3. The normalized spacial score (nSPS) is 11.0. The third-order valence-electron chi connectivity index (χ3n) is 4.50. The van der Waals surface area contributed by atoms with Crippen molar-refractivity contribution in [1.29, 1.82) is 0 Å². The maximum atomic E-state index is 13.4. The van der Waals surface area contributed by atoms with Gasteiger partial charge >= 0.3 is 0 Å². The van der Waals surface area contributed by atoms with Gasteiger partial charge in [-0.1, -0.05) is 66.7 Å². The summed E-state index contributed by atoms with van der Waals surface area (Å²) in [6.45, 7) is 1.93. The van der Waals surface area contributed by atoms with Crippen LogP contribution in [0.1, 0.15) is 21.5 Å². The minimum atomic E-state index is -0.140. The molecule has 0 bridgehead atoms. The summed E-state index contributed by atoms with van der Waals surface area (Å²) in [4.78, 5) is 13.4. The Labute approximate surface area is 140 Å². The number of hydrogen-bond acceptors (Lipinski definition) is 2. The zero-order chi connectivity index (χ0) is 16.7. The van der Waals surface area contributed by atoms with Crippen LogP contribution in [0.3, 0.4) is 0 Å². The molecule has 1 N–H and O–H groups in total. The van der Waals surface area contributed by atoms with Crippen molar-refractivity contribution in [3.05, 3.63) is 89.5 Å². The highest BCUT2D eigenvalue weighted by Gasteiger charge is 2.20. The molecule has 0 aliphatic rings. The fraction of sp³-hybridized carbons (Fsp3) is 0.0455. The maximum absolute atomic E-state index is 13.4. The summed E-state index contributed by atoms with van der Waals surface area (Å²) in [5, 5.41) is 14.0. The Morgan fingerprint density at radius 1 is 0.708 bits per heavy atom. The molecule has 4 rings (SSSR count). The number of aromatic hydroxyl groups is 1. The van der Waals surface area contributed by atoms with Crippen molar-refractivity contribution in [2.45, 2.75) is 6.92 Å². The number of fused-ring (bicyclic) bond motifs is 2. The topological polar surface area (TPSA) is 37.3 Å². The molecular formula is C22H16O2. The van der Waals surface area contributed by atoms with E-state index in [4.69, 9.17) is 0 Å². The molecule has 2 nitrogen and oxygen atoms in total. The van der Waals surface area contributed by atoms with Gasteiger partial charge in [-0.2, -0.15) is 0 Å². The van der Waals surface area contributed by atoms with Gasteiger partial charge in [-0.15, -0.1) is 0 Å². The first kappa shape index (κ1) is 14.5. The van der Waals surface area contributed by atoms with Crippen LogP contribution in [0, 0.1) is 6.92 Å². The van der Waals surface area contributed by atoms with E-state index in [9.17, 15) is 9.90 Å². The van der Waals surface area contributed by atoms with Crippen molar-refractivity contribution in [3.8, 4) is 5.75 Å². The number of ketones is 1. The molecule has 0 radical (unpaired) electrons. The lowest BCUT2D eigenvalue weighted by Gasteiger charge is -2.13. The Bertz CT molecular complexity index is 1010. The quantitative estimate of drug-likeness (QED) is 0.514. The molecule has 0 amide bonds. The van der Waals surface area contributed by atoms with Gasteiger partial charge in [0, 0.05) is 5.56 Å². The Balaban J connectivity index is 2.05. The number of carbonyl (C=O) groups excluding carboxylic acids is 1. The van der Waals surface area contributed by atoms with E-state index in [-0.39, 0.29) is 11.5 Å². The molecule has 0 saturated heterocycles. The summed E-state index contributed by atoms with van der Waals surface area (Å²) >= 11 is 0. The van der Waals surface area contributed by atoms with Crippen molar-refractivity contribution < 1.29 is 9.90 Å². The Kier molecular flexibility index (Phi) is 3.31. The Morgan fingerprint density at radius 2 is 1.25 bits per heavy atom. The summed E-state index contributed by atoms with van der Waals surface area (Å²) in [6, 6.07) is 22.9. The van der Waals surface area contributed by atoms with E-state index in [1.54, 1.807) is 6.07 Å². The van der Waals surface area contributed by atoms with E-state index in [1.807, 2.05) is 73.7 Å². The van der Waals surface area contributed by atoms with Gasteiger partial charge in [0.15, 0.2) is 5.78 Å². The number of carbonyl (C=O) groups is 1. The van der Waals surface area contributed by atoms with E-state index >= 15 is 0 Å². The van der Waals surface area contributed by atoms with E-state index in [1.165, 1.54) is 0 Å². The van der Waals surface area contributed by atoms with Crippen molar-refractivity contribution in [2.75, 3.05) is 0 Å². The number of hydrogen-bond donors (Lipinski definition) is 1. The van der Waals surface area contributed by atoms with Crippen molar-refractivity contribution in [3.63, 3.8) is 0 Å². The summed E-state index contributed by atoms with van der Waals surface area (Å²) in [5.41, 5.74) is 1.93. The number of benzene rings is 4. The average Bonchev–Trinajstić information content (AvgIpc) is 2.61. The van der Waals surface area contributed by atoms with Crippen LogP contribution in [-0.2, 0) is 0 Å². The standard InChI is InChI=1S/C22H16O2/c1-14-10-11-15-6-2-4-8-17(15)20(14)22(24)21-18-9-5-3-7-16(18)12-13-19(21)23/h2-13,23H,1H3. The van der Waals surface area contributed by atoms with E-state index in [0.717, 1.165) is 27.1 Å². The number of phenols is 1. The lowest BCUT2D eigenvalue weighted by molar-refractivity contribution is 0.103. The number of aryl methyl sites for hydroxylation is 1. The van der Waals surface area contributed by atoms with Crippen LogP contribution in [0.5, 0.6) is 5.75 Å². The molecule has 0 aliphatic carbocycles. The van der Waals surface area contributed by atoms with Crippen molar-refractivity contribution >= 4 is 27.3 Å². The Hall–Kier alpha value is -3.13. The summed E-state index contributed by atoms with van der Waals surface area (Å²) in [6.07, 6.45) is 0. The molecule has 24 heavy (non-hydrogen) atoms. The fourth-order valence-corrected chi connectivity index (χ4v) is 3.31. The average molecular weight is 312 g/mol. The molecule has 116 valence electrons. The van der Waals surface area contributed by atoms with E-state index < -0.39 is 0 Å². The van der Waals surface area contributed by atoms with Gasteiger partial charge in [0.05, 0.1) is 5.56 Å². The smallest absolute Gasteiger partial charge is 0.198 e. The number of rotatable bonds is 2. The highest BCUT2D eigenvalue weighted by molar-refractivity contribution is 6.23.